The van der Waals surface area contributed by atoms with Gasteiger partial charge in [0.15, 0.2) is 15.6 Å². The Kier molecular flexibility index (Phi) is 2.86. The lowest BCUT2D eigenvalue weighted by Crippen LogP contribution is -2.20. The molecule has 0 saturated heterocycles. The summed E-state index contributed by atoms with van der Waals surface area (Å²) in [7, 11) is -2.23. The first-order valence-corrected chi connectivity index (χ1v) is 6.80. The molecule has 1 aromatic carbocycles. The molecule has 0 atom stereocenters. The van der Waals surface area contributed by atoms with Gasteiger partial charge in [-0.25, -0.2) is 8.42 Å². The third-order valence-corrected chi connectivity index (χ3v) is 4.40. The van der Waals surface area contributed by atoms with Crippen molar-refractivity contribution in [2.24, 2.45) is 0 Å². The predicted molar refractivity (Wildman–Crippen MR) is 63.2 cm³/mol. The number of carbonyl (C=O) groups is 2. The lowest BCUT2D eigenvalue weighted by Gasteiger charge is -2.10. The van der Waals surface area contributed by atoms with Crippen molar-refractivity contribution in [2.75, 3.05) is 17.7 Å². The van der Waals surface area contributed by atoms with Gasteiger partial charge in [0, 0.05) is 12.7 Å². The average molecular weight is 269 g/mol. The Bertz CT molecular complexity index is 635. The molecular formula is C11H11NO5S. The number of aliphatic carboxylic acids is 1. The van der Waals surface area contributed by atoms with E-state index in [0.717, 1.165) is 0 Å². The highest BCUT2D eigenvalue weighted by Gasteiger charge is 2.27. The molecular weight excluding hydrogens is 258 g/mol. The second kappa shape index (κ2) is 4.09. The number of nitrogens with zero attached hydrogens (tertiary/aromatic N) is 1. The maximum absolute atomic E-state index is 11.7. The van der Waals surface area contributed by atoms with Crippen molar-refractivity contribution >= 4 is 27.4 Å². The van der Waals surface area contributed by atoms with E-state index in [1.807, 2.05) is 0 Å². The highest BCUT2D eigenvalue weighted by Crippen LogP contribution is 2.29. The number of fused-ring (bicyclic) bond motifs is 1. The summed E-state index contributed by atoms with van der Waals surface area (Å²) in [5.74, 6) is -2.46. The van der Waals surface area contributed by atoms with Gasteiger partial charge in [-0.1, -0.05) is 0 Å². The summed E-state index contributed by atoms with van der Waals surface area (Å²) < 4.78 is 23.5. The average Bonchev–Trinajstić information content (AvgIpc) is 2.52. The first-order chi connectivity index (χ1) is 8.31. The number of anilines is 1. The van der Waals surface area contributed by atoms with Crippen molar-refractivity contribution in [3.63, 3.8) is 0 Å². The summed E-state index contributed by atoms with van der Waals surface area (Å²) in [4.78, 5) is 23.3. The summed E-state index contributed by atoms with van der Waals surface area (Å²) in [6.45, 7) is 0. The Morgan fingerprint density at radius 3 is 2.72 bits per heavy atom. The SMILES string of the molecule is CN1C(=O)Cc2cc(S(=O)(=O)CC(=O)O)ccc21. The molecule has 1 amide bonds. The van der Waals surface area contributed by atoms with Crippen molar-refractivity contribution in [2.45, 2.75) is 11.3 Å². The number of benzene rings is 1. The molecule has 0 bridgehead atoms. The van der Waals surface area contributed by atoms with Gasteiger partial charge < -0.3 is 10.0 Å². The number of amides is 1. The molecule has 96 valence electrons. The molecule has 0 unspecified atom stereocenters. The first kappa shape index (κ1) is 12.6. The molecule has 7 heteroatoms. The van der Waals surface area contributed by atoms with Crippen molar-refractivity contribution in [3.8, 4) is 0 Å². The monoisotopic (exact) mass is 269 g/mol. The molecule has 6 nitrogen and oxygen atoms in total. The summed E-state index contributed by atoms with van der Waals surface area (Å²) in [5.41, 5.74) is 1.27. The zero-order valence-corrected chi connectivity index (χ0v) is 10.4. The minimum atomic E-state index is -3.85. The lowest BCUT2D eigenvalue weighted by molar-refractivity contribution is -0.134. The van der Waals surface area contributed by atoms with Gasteiger partial charge in [0.25, 0.3) is 0 Å². The van der Waals surface area contributed by atoms with Crippen LogP contribution in [0.3, 0.4) is 0 Å². The smallest absolute Gasteiger partial charge is 0.319 e. The van der Waals surface area contributed by atoms with E-state index >= 15 is 0 Å². The third kappa shape index (κ3) is 2.08. The summed E-state index contributed by atoms with van der Waals surface area (Å²) in [6.07, 6.45) is 0.141. The number of carboxylic acid groups (broad SMARTS) is 1. The molecule has 0 fully saturated rings. The molecule has 0 aliphatic carbocycles. The van der Waals surface area contributed by atoms with E-state index in [0.29, 0.717) is 11.3 Å². The molecule has 2 rings (SSSR count). The van der Waals surface area contributed by atoms with Crippen LogP contribution < -0.4 is 4.90 Å². The van der Waals surface area contributed by atoms with Crippen LogP contribution in [-0.4, -0.2) is 38.2 Å². The van der Waals surface area contributed by atoms with E-state index in [2.05, 4.69) is 0 Å². The topological polar surface area (TPSA) is 91.8 Å². The van der Waals surface area contributed by atoms with Gasteiger partial charge in [-0.2, -0.15) is 0 Å². The Labute approximate surface area is 104 Å². The molecule has 0 aromatic heterocycles. The van der Waals surface area contributed by atoms with E-state index in [9.17, 15) is 18.0 Å². The van der Waals surface area contributed by atoms with Gasteiger partial charge >= 0.3 is 5.97 Å². The number of sulfone groups is 1. The number of carbonyl (C=O) groups excluding carboxylic acids is 1. The maximum Gasteiger partial charge on any atom is 0.319 e. The zero-order chi connectivity index (χ0) is 13.5. The lowest BCUT2D eigenvalue weighted by atomic mass is 10.2. The Balaban J connectivity index is 2.43. The molecule has 1 aliphatic rings. The fourth-order valence-electron chi connectivity index (χ4n) is 1.89. The van der Waals surface area contributed by atoms with Crippen molar-refractivity contribution in [1.29, 1.82) is 0 Å². The van der Waals surface area contributed by atoms with E-state index in [1.165, 1.54) is 23.1 Å². The van der Waals surface area contributed by atoms with E-state index in [4.69, 9.17) is 5.11 Å². The predicted octanol–water partition coefficient (Wildman–Crippen LogP) is 0.0638. The molecule has 1 aliphatic heterocycles. The Morgan fingerprint density at radius 1 is 1.44 bits per heavy atom. The van der Waals surface area contributed by atoms with Crippen LogP contribution in [0.1, 0.15) is 5.56 Å². The number of hydrogen-bond acceptors (Lipinski definition) is 4. The second-order valence-electron chi connectivity index (χ2n) is 4.07. The summed E-state index contributed by atoms with van der Waals surface area (Å²) in [6, 6.07) is 4.22. The Morgan fingerprint density at radius 2 is 2.11 bits per heavy atom. The van der Waals surface area contributed by atoms with Crippen LogP contribution in [0.4, 0.5) is 5.69 Å². The number of hydrogen-bond donors (Lipinski definition) is 1. The highest BCUT2D eigenvalue weighted by atomic mass is 32.2. The van der Waals surface area contributed by atoms with Crippen LogP contribution in [0.5, 0.6) is 0 Å². The van der Waals surface area contributed by atoms with Crippen LogP contribution in [0, 0.1) is 0 Å². The molecule has 1 aromatic rings. The molecule has 0 radical (unpaired) electrons. The van der Waals surface area contributed by atoms with Crippen LogP contribution in [0.15, 0.2) is 23.1 Å². The van der Waals surface area contributed by atoms with E-state index in [-0.39, 0.29) is 17.2 Å². The van der Waals surface area contributed by atoms with Gasteiger partial charge in [0.2, 0.25) is 5.91 Å². The molecule has 0 saturated carbocycles. The van der Waals surface area contributed by atoms with E-state index < -0.39 is 21.6 Å². The third-order valence-electron chi connectivity index (χ3n) is 2.80. The van der Waals surface area contributed by atoms with Crippen molar-refractivity contribution < 1.29 is 23.1 Å². The van der Waals surface area contributed by atoms with Crippen molar-refractivity contribution in [1.82, 2.24) is 0 Å². The van der Waals surface area contributed by atoms with Gasteiger partial charge in [-0.05, 0) is 23.8 Å². The molecule has 18 heavy (non-hydrogen) atoms. The Hall–Kier alpha value is -1.89. The zero-order valence-electron chi connectivity index (χ0n) is 9.58. The standard InChI is InChI=1S/C11H11NO5S/c1-12-9-3-2-8(4-7(9)5-10(12)13)18(16,17)6-11(14)15/h2-4H,5-6H2,1H3,(H,14,15). The fraction of sp³-hybridized carbons (Fsp3) is 0.273. The largest absolute Gasteiger partial charge is 0.480 e. The highest BCUT2D eigenvalue weighted by molar-refractivity contribution is 7.92. The van der Waals surface area contributed by atoms with Gasteiger partial charge in [-0.3, -0.25) is 9.59 Å². The van der Waals surface area contributed by atoms with Gasteiger partial charge in [0.1, 0.15) is 0 Å². The van der Waals surface area contributed by atoms with Crippen molar-refractivity contribution in [3.05, 3.63) is 23.8 Å². The molecule has 0 spiro atoms. The van der Waals surface area contributed by atoms with Crippen LogP contribution in [0.25, 0.3) is 0 Å². The summed E-state index contributed by atoms with van der Waals surface area (Å²) in [5, 5.41) is 8.55. The number of rotatable bonds is 3. The first-order valence-electron chi connectivity index (χ1n) is 5.15. The van der Waals surface area contributed by atoms with Gasteiger partial charge in [-0.15, -0.1) is 0 Å². The quantitative estimate of drug-likeness (QED) is 0.838. The number of likely N-dealkylation sites (N-methyl/N-ethyl adjacent to an activating group) is 1. The summed E-state index contributed by atoms with van der Waals surface area (Å²) >= 11 is 0. The van der Waals surface area contributed by atoms with Crippen LogP contribution >= 0.6 is 0 Å². The second-order valence-corrected chi connectivity index (χ2v) is 6.06. The van der Waals surface area contributed by atoms with Crippen LogP contribution in [0.2, 0.25) is 0 Å². The normalized spacial score (nSPS) is 14.7. The molecule has 1 N–H and O–H groups in total. The fourth-order valence-corrected chi connectivity index (χ4v) is 2.97. The molecule has 1 heterocycles. The van der Waals surface area contributed by atoms with E-state index in [1.54, 1.807) is 7.05 Å². The minimum Gasteiger partial charge on any atom is -0.480 e. The maximum atomic E-state index is 11.7. The van der Waals surface area contributed by atoms with Crippen LogP contribution in [-0.2, 0) is 25.8 Å². The minimum absolute atomic E-state index is 0.0632. The van der Waals surface area contributed by atoms with Gasteiger partial charge in [0.05, 0.1) is 11.3 Å². The number of carboxylic acids is 1.